The molecule has 0 heterocycles. The van der Waals surface area contributed by atoms with Crippen molar-refractivity contribution in [2.24, 2.45) is 5.10 Å². The van der Waals surface area contributed by atoms with Crippen molar-refractivity contribution in [2.45, 2.75) is 24.0 Å². The van der Waals surface area contributed by atoms with Crippen LogP contribution in [0.2, 0.25) is 5.02 Å². The predicted molar refractivity (Wildman–Crippen MR) is 95.2 cm³/mol. The van der Waals surface area contributed by atoms with Crippen LogP contribution in [0, 0.1) is 0 Å². The van der Waals surface area contributed by atoms with Gasteiger partial charge in [0.15, 0.2) is 0 Å². The molecule has 4 nitrogen and oxygen atoms in total. The molecule has 2 aromatic rings. The highest BCUT2D eigenvalue weighted by Crippen LogP contribution is 2.24. The van der Waals surface area contributed by atoms with Crippen LogP contribution in [0.25, 0.3) is 0 Å². The van der Waals surface area contributed by atoms with Crippen LogP contribution < -0.4 is 5.43 Å². The zero-order chi connectivity index (χ0) is 16.8. The molecule has 120 valence electrons. The average molecular weight is 349 g/mol. The minimum atomic E-state index is -0.308. The molecule has 0 aliphatic carbocycles. The van der Waals surface area contributed by atoms with Gasteiger partial charge in [-0.1, -0.05) is 23.7 Å². The van der Waals surface area contributed by atoms with E-state index in [1.165, 1.54) is 11.8 Å². The average Bonchev–Trinajstić information content (AvgIpc) is 2.54. The standard InChI is InChI=1S/C17H17ClN2O2S/c1-11(15-5-3-4-6-16(15)21)19-20-17(22)12(2)23-14-9-7-13(18)8-10-14/h3-10,12,21H,1-2H3,(H,20,22)/b19-11+. The van der Waals surface area contributed by atoms with Gasteiger partial charge in [0.1, 0.15) is 5.75 Å². The van der Waals surface area contributed by atoms with E-state index in [9.17, 15) is 9.90 Å². The number of thioether (sulfide) groups is 1. The van der Waals surface area contributed by atoms with Gasteiger partial charge in [0.25, 0.3) is 5.91 Å². The SMILES string of the molecule is C/C(=N\NC(=O)C(C)Sc1ccc(Cl)cc1)c1ccccc1O. The van der Waals surface area contributed by atoms with E-state index in [0.717, 1.165) is 4.90 Å². The quantitative estimate of drug-likeness (QED) is 0.486. The number of para-hydroxylation sites is 1. The van der Waals surface area contributed by atoms with Crippen LogP contribution in [0.15, 0.2) is 58.5 Å². The third-order valence-electron chi connectivity index (χ3n) is 3.12. The van der Waals surface area contributed by atoms with E-state index in [-0.39, 0.29) is 16.9 Å². The number of hydrazone groups is 1. The minimum Gasteiger partial charge on any atom is -0.507 e. The number of carbonyl (C=O) groups is 1. The summed E-state index contributed by atoms with van der Waals surface area (Å²) in [5.41, 5.74) is 3.66. The number of amides is 1. The number of phenols is 1. The monoisotopic (exact) mass is 348 g/mol. The van der Waals surface area contributed by atoms with E-state index in [1.807, 2.05) is 12.1 Å². The molecule has 0 aromatic heterocycles. The highest BCUT2D eigenvalue weighted by molar-refractivity contribution is 8.00. The lowest BCUT2D eigenvalue weighted by Gasteiger charge is -2.10. The van der Waals surface area contributed by atoms with E-state index in [2.05, 4.69) is 10.5 Å². The highest BCUT2D eigenvalue weighted by Gasteiger charge is 2.14. The fourth-order valence-corrected chi connectivity index (χ4v) is 2.83. The summed E-state index contributed by atoms with van der Waals surface area (Å²) >= 11 is 7.26. The van der Waals surface area contributed by atoms with E-state index in [1.54, 1.807) is 50.2 Å². The third-order valence-corrected chi connectivity index (χ3v) is 4.49. The first-order chi connectivity index (χ1) is 11.0. The summed E-state index contributed by atoms with van der Waals surface area (Å²) in [6, 6.07) is 14.2. The Balaban J connectivity index is 1.97. The first-order valence-electron chi connectivity index (χ1n) is 7.02. The zero-order valence-electron chi connectivity index (χ0n) is 12.8. The number of hydrogen-bond acceptors (Lipinski definition) is 4. The molecule has 23 heavy (non-hydrogen) atoms. The lowest BCUT2D eigenvalue weighted by molar-refractivity contribution is -0.120. The maximum absolute atomic E-state index is 12.1. The molecule has 2 rings (SSSR count). The molecule has 0 aliphatic rings. The Hall–Kier alpha value is -1.98. The summed E-state index contributed by atoms with van der Waals surface area (Å²) in [6.07, 6.45) is 0. The molecule has 0 saturated heterocycles. The van der Waals surface area contributed by atoms with Gasteiger partial charge in [0, 0.05) is 15.5 Å². The summed E-state index contributed by atoms with van der Waals surface area (Å²) in [5.74, 6) is -0.0775. The number of hydrogen-bond donors (Lipinski definition) is 2. The van der Waals surface area contributed by atoms with E-state index < -0.39 is 0 Å². The molecule has 2 aromatic carbocycles. The van der Waals surface area contributed by atoms with Crippen molar-refractivity contribution in [3.63, 3.8) is 0 Å². The van der Waals surface area contributed by atoms with Gasteiger partial charge in [-0.15, -0.1) is 11.8 Å². The number of benzene rings is 2. The van der Waals surface area contributed by atoms with Gasteiger partial charge >= 0.3 is 0 Å². The number of nitrogens with zero attached hydrogens (tertiary/aromatic N) is 1. The first-order valence-corrected chi connectivity index (χ1v) is 8.28. The second kappa shape index (κ2) is 8.04. The number of nitrogens with one attached hydrogen (secondary N) is 1. The maximum atomic E-state index is 12.1. The fourth-order valence-electron chi connectivity index (χ4n) is 1.84. The lowest BCUT2D eigenvalue weighted by atomic mass is 10.1. The minimum absolute atomic E-state index is 0.131. The lowest BCUT2D eigenvalue weighted by Crippen LogP contribution is -2.27. The summed E-state index contributed by atoms with van der Waals surface area (Å²) in [7, 11) is 0. The highest BCUT2D eigenvalue weighted by atomic mass is 35.5. The topological polar surface area (TPSA) is 61.7 Å². The van der Waals surface area contributed by atoms with E-state index in [0.29, 0.717) is 16.3 Å². The van der Waals surface area contributed by atoms with Crippen LogP contribution in [0.1, 0.15) is 19.4 Å². The van der Waals surface area contributed by atoms with Crippen LogP contribution in [-0.2, 0) is 4.79 Å². The normalized spacial score (nSPS) is 12.7. The van der Waals surface area contributed by atoms with Gasteiger partial charge < -0.3 is 5.11 Å². The maximum Gasteiger partial charge on any atom is 0.253 e. The second-order valence-electron chi connectivity index (χ2n) is 4.90. The Morgan fingerprint density at radius 1 is 1.22 bits per heavy atom. The Bertz CT molecular complexity index is 717. The number of phenolic OH excluding ortho intramolecular Hbond substituents is 1. The molecule has 0 aliphatic heterocycles. The van der Waals surface area contributed by atoms with Crippen LogP contribution in [0.3, 0.4) is 0 Å². The molecular formula is C17H17ClN2O2S. The Labute approximate surface area is 144 Å². The smallest absolute Gasteiger partial charge is 0.253 e. The van der Waals surface area contributed by atoms with Crippen LogP contribution in [0.4, 0.5) is 0 Å². The molecule has 1 unspecified atom stereocenters. The second-order valence-corrected chi connectivity index (χ2v) is 6.76. The van der Waals surface area contributed by atoms with Gasteiger partial charge in [-0.2, -0.15) is 5.10 Å². The molecule has 1 atom stereocenters. The van der Waals surface area contributed by atoms with Crippen molar-refractivity contribution in [1.82, 2.24) is 5.43 Å². The van der Waals surface area contributed by atoms with Crippen LogP contribution >= 0.6 is 23.4 Å². The number of halogens is 1. The number of carbonyl (C=O) groups excluding carboxylic acids is 1. The summed E-state index contributed by atoms with van der Waals surface area (Å²) in [4.78, 5) is 13.1. The number of aromatic hydroxyl groups is 1. The van der Waals surface area contributed by atoms with E-state index >= 15 is 0 Å². The van der Waals surface area contributed by atoms with Crippen molar-refractivity contribution in [2.75, 3.05) is 0 Å². The zero-order valence-corrected chi connectivity index (χ0v) is 14.4. The predicted octanol–water partition coefficient (Wildman–Crippen LogP) is 4.07. The van der Waals surface area contributed by atoms with Crippen molar-refractivity contribution in [1.29, 1.82) is 0 Å². The fraction of sp³-hybridized carbons (Fsp3) is 0.176. The van der Waals surface area contributed by atoms with Gasteiger partial charge in [-0.3, -0.25) is 4.79 Å². The molecule has 0 saturated carbocycles. The Morgan fingerprint density at radius 3 is 2.52 bits per heavy atom. The van der Waals surface area contributed by atoms with Crippen molar-refractivity contribution in [3.8, 4) is 5.75 Å². The molecule has 0 bridgehead atoms. The first kappa shape index (κ1) is 17.4. The van der Waals surface area contributed by atoms with Gasteiger partial charge in [-0.25, -0.2) is 5.43 Å². The van der Waals surface area contributed by atoms with Crippen molar-refractivity contribution in [3.05, 3.63) is 59.1 Å². The van der Waals surface area contributed by atoms with Crippen LogP contribution in [0.5, 0.6) is 5.75 Å². The molecule has 1 amide bonds. The summed E-state index contributed by atoms with van der Waals surface area (Å²) < 4.78 is 0. The van der Waals surface area contributed by atoms with Crippen molar-refractivity contribution >= 4 is 35.0 Å². The number of rotatable bonds is 5. The van der Waals surface area contributed by atoms with Gasteiger partial charge in [0.2, 0.25) is 0 Å². The molecule has 0 fully saturated rings. The van der Waals surface area contributed by atoms with Gasteiger partial charge in [-0.05, 0) is 50.2 Å². The van der Waals surface area contributed by atoms with Crippen molar-refractivity contribution < 1.29 is 9.90 Å². The third kappa shape index (κ3) is 5.01. The molecule has 0 radical (unpaired) electrons. The molecule has 0 spiro atoms. The summed E-state index contributed by atoms with van der Waals surface area (Å²) in [5, 5.41) is 14.2. The largest absolute Gasteiger partial charge is 0.507 e. The molecule has 2 N–H and O–H groups in total. The molecular weight excluding hydrogens is 332 g/mol. The van der Waals surface area contributed by atoms with Crippen LogP contribution in [-0.4, -0.2) is 22.0 Å². The van der Waals surface area contributed by atoms with E-state index in [4.69, 9.17) is 11.6 Å². The summed E-state index contributed by atoms with van der Waals surface area (Å²) in [6.45, 7) is 3.53. The molecule has 6 heteroatoms. The van der Waals surface area contributed by atoms with Gasteiger partial charge in [0.05, 0.1) is 11.0 Å². The Kier molecular flexibility index (Phi) is 6.07. The Morgan fingerprint density at radius 2 is 1.87 bits per heavy atom.